The Labute approximate surface area is 165 Å². The zero-order chi connectivity index (χ0) is 20.0. The number of para-hydroxylation sites is 1. The lowest BCUT2D eigenvalue weighted by molar-refractivity contribution is 0.0989. The first-order valence-corrected chi connectivity index (χ1v) is 9.04. The molecule has 1 amide bonds. The number of hydrogen-bond acceptors (Lipinski definition) is 5. The van der Waals surface area contributed by atoms with Crippen LogP contribution in [0.3, 0.4) is 0 Å². The van der Waals surface area contributed by atoms with Gasteiger partial charge in [0.1, 0.15) is 30.1 Å². The zero-order valence-electron chi connectivity index (χ0n) is 15.2. The Morgan fingerprint density at radius 3 is 2.76 bits per heavy atom. The first-order valence-electron chi connectivity index (χ1n) is 9.04. The predicted octanol–water partition coefficient (Wildman–Crippen LogP) is 3.18. The summed E-state index contributed by atoms with van der Waals surface area (Å²) in [7, 11) is 0. The Morgan fingerprint density at radius 2 is 1.93 bits per heavy atom. The van der Waals surface area contributed by atoms with Gasteiger partial charge in [-0.2, -0.15) is 0 Å². The number of fused-ring (bicyclic) bond motifs is 2. The summed E-state index contributed by atoms with van der Waals surface area (Å²) >= 11 is 0. The van der Waals surface area contributed by atoms with Crippen LogP contribution >= 0.6 is 0 Å². The molecular formula is C21H16FN5O2. The minimum atomic E-state index is -0.513. The average Bonchev–Trinajstić information content (AvgIpc) is 3.05. The third-order valence-electron chi connectivity index (χ3n) is 4.94. The van der Waals surface area contributed by atoms with E-state index in [1.165, 1.54) is 17.3 Å². The van der Waals surface area contributed by atoms with Gasteiger partial charge in [-0.05, 0) is 24.3 Å². The molecule has 2 aromatic heterocycles. The van der Waals surface area contributed by atoms with Crippen LogP contribution in [0.4, 0.5) is 15.9 Å². The summed E-state index contributed by atoms with van der Waals surface area (Å²) in [4.78, 5) is 22.2. The van der Waals surface area contributed by atoms with Gasteiger partial charge in [-0.25, -0.2) is 14.4 Å². The molecule has 0 radical (unpaired) electrons. The van der Waals surface area contributed by atoms with Crippen molar-refractivity contribution < 1.29 is 13.9 Å². The number of nitrogen functional groups attached to an aromatic ring is 1. The molecule has 2 aromatic carbocycles. The number of benzene rings is 2. The second-order valence-corrected chi connectivity index (χ2v) is 6.63. The van der Waals surface area contributed by atoms with Crippen LogP contribution in [0, 0.1) is 5.82 Å². The van der Waals surface area contributed by atoms with Gasteiger partial charge in [0.25, 0.3) is 5.91 Å². The van der Waals surface area contributed by atoms with Gasteiger partial charge in [-0.15, -0.1) is 0 Å². The number of anilines is 2. The fourth-order valence-electron chi connectivity index (χ4n) is 3.56. The molecule has 0 spiro atoms. The summed E-state index contributed by atoms with van der Waals surface area (Å²) in [6.07, 6.45) is 3.10. The first-order chi connectivity index (χ1) is 14.1. The summed E-state index contributed by atoms with van der Waals surface area (Å²) in [5.74, 6) is -0.887. The van der Waals surface area contributed by atoms with Gasteiger partial charge in [0.05, 0.1) is 17.7 Å². The molecule has 4 aromatic rings. The Bertz CT molecular complexity index is 1240. The molecule has 0 atom stereocenters. The predicted molar refractivity (Wildman–Crippen MR) is 107 cm³/mol. The van der Waals surface area contributed by atoms with E-state index in [4.69, 9.17) is 10.5 Å². The molecule has 0 saturated heterocycles. The topological polar surface area (TPSA) is 86.3 Å². The van der Waals surface area contributed by atoms with Crippen molar-refractivity contribution in [2.75, 3.05) is 23.8 Å². The van der Waals surface area contributed by atoms with E-state index in [1.807, 2.05) is 47.2 Å². The van der Waals surface area contributed by atoms with Gasteiger partial charge in [0.15, 0.2) is 0 Å². The van der Waals surface area contributed by atoms with Crippen molar-refractivity contribution in [3.8, 4) is 11.6 Å². The minimum absolute atomic E-state index is 0.00335. The Balaban J connectivity index is 1.61. The van der Waals surface area contributed by atoms with Crippen LogP contribution in [-0.4, -0.2) is 33.6 Å². The van der Waals surface area contributed by atoms with Gasteiger partial charge < -0.3 is 19.9 Å². The van der Waals surface area contributed by atoms with Crippen LogP contribution in [-0.2, 0) is 0 Å². The zero-order valence-corrected chi connectivity index (χ0v) is 15.2. The Morgan fingerprint density at radius 1 is 1.10 bits per heavy atom. The van der Waals surface area contributed by atoms with Gasteiger partial charge in [-0.1, -0.05) is 18.2 Å². The van der Waals surface area contributed by atoms with Gasteiger partial charge >= 0.3 is 0 Å². The highest BCUT2D eigenvalue weighted by Gasteiger charge is 2.30. The van der Waals surface area contributed by atoms with E-state index >= 15 is 4.39 Å². The summed E-state index contributed by atoms with van der Waals surface area (Å²) < 4.78 is 22.6. The number of nitrogens with two attached hydrogens (primary N) is 1. The highest BCUT2D eigenvalue weighted by molar-refractivity contribution is 6.11. The lowest BCUT2D eigenvalue weighted by Gasteiger charge is -2.21. The maximum atomic E-state index is 15.1. The Hall–Kier alpha value is -3.94. The number of ether oxygens (including phenoxy) is 1. The van der Waals surface area contributed by atoms with Crippen LogP contribution in [0.2, 0.25) is 0 Å². The lowest BCUT2D eigenvalue weighted by Crippen LogP contribution is -2.33. The fourth-order valence-corrected chi connectivity index (χ4v) is 3.56. The van der Waals surface area contributed by atoms with Crippen LogP contribution in [0.1, 0.15) is 10.4 Å². The Kier molecular flexibility index (Phi) is 3.90. The fraction of sp³-hybridized carbons (Fsp3) is 0.0952. The van der Waals surface area contributed by atoms with Crippen LogP contribution in [0.15, 0.2) is 61.1 Å². The molecule has 1 aliphatic rings. The molecule has 0 fully saturated rings. The molecule has 3 heterocycles. The summed E-state index contributed by atoms with van der Waals surface area (Å²) in [6.45, 7) is 0.328. The molecule has 2 N–H and O–H groups in total. The molecule has 144 valence electrons. The molecular weight excluding hydrogens is 373 g/mol. The second-order valence-electron chi connectivity index (χ2n) is 6.63. The average molecular weight is 389 g/mol. The molecule has 8 heteroatoms. The largest absolute Gasteiger partial charge is 0.475 e. The van der Waals surface area contributed by atoms with Crippen molar-refractivity contribution in [3.05, 3.63) is 72.4 Å². The van der Waals surface area contributed by atoms with Crippen LogP contribution < -0.4 is 15.4 Å². The highest BCUT2D eigenvalue weighted by Crippen LogP contribution is 2.32. The number of nitrogens with zero attached hydrogens (tertiary/aromatic N) is 4. The molecule has 0 unspecified atom stereocenters. The van der Waals surface area contributed by atoms with E-state index in [0.717, 1.165) is 11.1 Å². The molecule has 7 nitrogen and oxygen atoms in total. The number of rotatable bonds is 2. The maximum absolute atomic E-state index is 15.1. The van der Waals surface area contributed by atoms with E-state index in [2.05, 4.69) is 9.97 Å². The van der Waals surface area contributed by atoms with Crippen molar-refractivity contribution in [2.24, 2.45) is 0 Å². The summed E-state index contributed by atoms with van der Waals surface area (Å²) in [5.41, 5.74) is 7.70. The maximum Gasteiger partial charge on any atom is 0.267 e. The van der Waals surface area contributed by atoms with Gasteiger partial charge in [-0.3, -0.25) is 4.79 Å². The monoisotopic (exact) mass is 389 g/mol. The first kappa shape index (κ1) is 17.2. The molecule has 0 aliphatic carbocycles. The molecule has 5 rings (SSSR count). The highest BCUT2D eigenvalue weighted by atomic mass is 19.1. The third kappa shape index (κ3) is 2.77. The summed E-state index contributed by atoms with van der Waals surface area (Å²) in [5, 5.41) is 0.806. The van der Waals surface area contributed by atoms with E-state index in [9.17, 15) is 4.79 Å². The molecule has 1 aliphatic heterocycles. The number of carbonyl (C=O) groups excluding carboxylic acids is 1. The number of hydrogen-bond donors (Lipinski definition) is 1. The number of halogens is 1. The molecule has 29 heavy (non-hydrogen) atoms. The van der Waals surface area contributed by atoms with Crippen molar-refractivity contribution in [3.63, 3.8) is 0 Å². The standard InChI is InChI=1S/C21H16FN5O2/c22-15-11-16-13(6-7-26(16)14-4-2-1-3-5-14)10-17(15)27-8-9-29-20-18(21(27)28)19(23)24-12-25-20/h1-7,10-12H,8-9H2,(H2,23,24,25). The number of aromatic nitrogens is 3. The van der Waals surface area contributed by atoms with E-state index in [0.29, 0.717) is 5.52 Å². The minimum Gasteiger partial charge on any atom is -0.475 e. The van der Waals surface area contributed by atoms with Crippen molar-refractivity contribution in [1.29, 1.82) is 0 Å². The van der Waals surface area contributed by atoms with Crippen molar-refractivity contribution >= 4 is 28.3 Å². The lowest BCUT2D eigenvalue weighted by atomic mass is 10.1. The number of amides is 1. The van der Waals surface area contributed by atoms with Crippen molar-refractivity contribution in [2.45, 2.75) is 0 Å². The SMILES string of the molecule is Nc1ncnc2c1C(=O)N(c1cc3ccn(-c4ccccc4)c3cc1F)CCO2. The van der Waals surface area contributed by atoms with Crippen molar-refractivity contribution in [1.82, 2.24) is 14.5 Å². The van der Waals surface area contributed by atoms with E-state index in [1.54, 1.807) is 6.07 Å². The van der Waals surface area contributed by atoms with E-state index in [-0.39, 0.29) is 36.1 Å². The molecule has 0 saturated carbocycles. The quantitative estimate of drug-likeness (QED) is 0.569. The van der Waals surface area contributed by atoms with Gasteiger partial charge in [0, 0.05) is 23.3 Å². The van der Waals surface area contributed by atoms with E-state index < -0.39 is 11.7 Å². The smallest absolute Gasteiger partial charge is 0.267 e. The van der Waals surface area contributed by atoms with Crippen LogP contribution in [0.5, 0.6) is 5.88 Å². The summed E-state index contributed by atoms with van der Waals surface area (Å²) in [6, 6.07) is 14.6. The van der Waals surface area contributed by atoms with Gasteiger partial charge in [0.2, 0.25) is 5.88 Å². The second kappa shape index (κ2) is 6.59. The third-order valence-corrected chi connectivity index (χ3v) is 4.94. The number of carbonyl (C=O) groups is 1. The molecule has 0 bridgehead atoms. The van der Waals surface area contributed by atoms with Crippen LogP contribution in [0.25, 0.3) is 16.6 Å². The normalized spacial score (nSPS) is 13.8.